The fraction of sp³-hybridized carbons (Fsp3) is 0.350. The summed E-state index contributed by atoms with van der Waals surface area (Å²) < 4.78 is 0. The maximum atomic E-state index is 13.2. The van der Waals surface area contributed by atoms with Gasteiger partial charge < -0.3 is 15.1 Å². The molecule has 0 unspecified atom stereocenters. The summed E-state index contributed by atoms with van der Waals surface area (Å²) in [6.45, 7) is 5.55. The Morgan fingerprint density at radius 2 is 1.78 bits per heavy atom. The van der Waals surface area contributed by atoms with Crippen molar-refractivity contribution < 1.29 is 19.5 Å². The van der Waals surface area contributed by atoms with E-state index in [-0.39, 0.29) is 23.3 Å². The van der Waals surface area contributed by atoms with Crippen LogP contribution < -0.4 is 15.1 Å². The first-order valence-corrected chi connectivity index (χ1v) is 9.22. The number of nitrogens with zero attached hydrogens (tertiary/aromatic N) is 1. The topological polar surface area (TPSA) is 81.1 Å². The van der Waals surface area contributed by atoms with Crippen LogP contribution in [0.5, 0.6) is 0 Å². The van der Waals surface area contributed by atoms with Crippen LogP contribution in [0.15, 0.2) is 48.5 Å². The van der Waals surface area contributed by atoms with Crippen LogP contribution in [0.25, 0.3) is 0 Å². The van der Waals surface area contributed by atoms with Crippen LogP contribution in [-0.2, 0) is 4.79 Å². The molecule has 1 saturated heterocycles. The lowest BCUT2D eigenvalue weighted by Gasteiger charge is -2.32. The number of anilines is 1. The molecule has 27 heavy (non-hydrogen) atoms. The van der Waals surface area contributed by atoms with Gasteiger partial charge >= 0.3 is 0 Å². The van der Waals surface area contributed by atoms with E-state index in [1.54, 1.807) is 19.1 Å². The smallest absolute Gasteiger partial charge is 0.293 e. The zero-order chi connectivity index (χ0) is 19.4. The fourth-order valence-electron chi connectivity index (χ4n) is 3.61. The van der Waals surface area contributed by atoms with Crippen molar-refractivity contribution in [3.05, 3.63) is 69.8 Å². The Bertz CT molecular complexity index is 817. The Morgan fingerprint density at radius 1 is 1.11 bits per heavy atom. The van der Waals surface area contributed by atoms with E-state index in [9.17, 15) is 14.9 Å². The third kappa shape index (κ3) is 4.50. The summed E-state index contributed by atoms with van der Waals surface area (Å²) in [5.74, 6) is -0.206. The number of carbonyl (C=O) groups excluding carboxylic acids is 1. The number of rotatable bonds is 5. The minimum absolute atomic E-state index is 0.0759. The number of quaternary nitrogens is 2. The minimum Gasteiger partial charge on any atom is -0.328 e. The Hall–Kier alpha value is -2.77. The van der Waals surface area contributed by atoms with E-state index in [0.29, 0.717) is 0 Å². The first kappa shape index (κ1) is 19.0. The van der Waals surface area contributed by atoms with Gasteiger partial charge in [-0.15, -0.1) is 0 Å². The average molecular weight is 370 g/mol. The van der Waals surface area contributed by atoms with Gasteiger partial charge in [0.1, 0.15) is 31.9 Å². The number of nitrogens with one attached hydrogen (secondary N) is 3. The number of hydrogen-bond donors (Lipinski definition) is 3. The lowest BCUT2D eigenvalue weighted by atomic mass is 10.0. The minimum atomic E-state index is -0.452. The first-order chi connectivity index (χ1) is 13.0. The van der Waals surface area contributed by atoms with Crippen LogP contribution in [0, 0.1) is 17.0 Å². The van der Waals surface area contributed by atoms with Crippen molar-refractivity contribution in [3.63, 3.8) is 0 Å². The number of nitro groups is 1. The Kier molecular flexibility index (Phi) is 5.83. The Morgan fingerprint density at radius 3 is 2.41 bits per heavy atom. The summed E-state index contributed by atoms with van der Waals surface area (Å²) in [5.41, 5.74) is 1.88. The van der Waals surface area contributed by atoms with Gasteiger partial charge in [0.15, 0.2) is 6.04 Å². The fourth-order valence-corrected chi connectivity index (χ4v) is 3.61. The standard InChI is InChI=1S/C20H24N4O3/c1-15-8-9-17(18(14-15)24(26)27)21-20(25)19(16-6-4-3-5-7-16)23-12-10-22(2)11-13-23/h3-9,14,19H,10-13H2,1-2H3,(H,21,25)/p+2/t19-/m1/s1. The highest BCUT2D eigenvalue weighted by Gasteiger charge is 2.35. The molecule has 142 valence electrons. The highest BCUT2D eigenvalue weighted by Crippen LogP contribution is 2.26. The van der Waals surface area contributed by atoms with Gasteiger partial charge in [0.2, 0.25) is 0 Å². The van der Waals surface area contributed by atoms with Gasteiger partial charge in [0.05, 0.1) is 12.0 Å². The second-order valence-corrected chi connectivity index (χ2v) is 7.23. The summed E-state index contributed by atoms with van der Waals surface area (Å²) >= 11 is 0. The molecular formula is C20H26N4O3+2. The molecule has 3 rings (SSSR count). The molecule has 2 aromatic carbocycles. The van der Waals surface area contributed by atoms with Crippen LogP contribution in [-0.4, -0.2) is 44.1 Å². The number of piperazine rings is 1. The molecule has 7 heteroatoms. The van der Waals surface area contributed by atoms with E-state index < -0.39 is 4.92 Å². The molecule has 0 radical (unpaired) electrons. The van der Waals surface area contributed by atoms with Crippen molar-refractivity contribution in [2.24, 2.45) is 0 Å². The molecule has 0 aromatic heterocycles. The monoisotopic (exact) mass is 370 g/mol. The second kappa shape index (κ2) is 8.28. The predicted molar refractivity (Wildman–Crippen MR) is 103 cm³/mol. The summed E-state index contributed by atoms with van der Waals surface area (Å²) in [7, 11) is 2.16. The van der Waals surface area contributed by atoms with Gasteiger partial charge in [-0.2, -0.15) is 0 Å². The van der Waals surface area contributed by atoms with Gasteiger partial charge in [0.25, 0.3) is 11.6 Å². The highest BCUT2D eigenvalue weighted by atomic mass is 16.6. The molecule has 2 aromatic rings. The molecule has 1 amide bonds. The van der Waals surface area contributed by atoms with E-state index in [1.165, 1.54) is 15.9 Å². The van der Waals surface area contributed by atoms with E-state index in [2.05, 4.69) is 12.4 Å². The zero-order valence-electron chi connectivity index (χ0n) is 15.7. The van der Waals surface area contributed by atoms with E-state index in [1.807, 2.05) is 30.3 Å². The van der Waals surface area contributed by atoms with Crippen molar-refractivity contribution in [1.29, 1.82) is 0 Å². The quantitative estimate of drug-likeness (QED) is 0.512. The molecule has 1 heterocycles. The third-order valence-corrected chi connectivity index (χ3v) is 5.16. The van der Waals surface area contributed by atoms with Crippen molar-refractivity contribution in [2.75, 3.05) is 38.5 Å². The molecule has 3 N–H and O–H groups in total. The number of nitro benzene ring substituents is 1. The maximum absolute atomic E-state index is 13.2. The molecule has 1 atom stereocenters. The normalized spacial score (nSPS) is 20.7. The van der Waals surface area contributed by atoms with Gasteiger partial charge in [-0.1, -0.05) is 36.4 Å². The molecule has 7 nitrogen and oxygen atoms in total. The third-order valence-electron chi connectivity index (χ3n) is 5.16. The van der Waals surface area contributed by atoms with E-state index in [4.69, 9.17) is 0 Å². The van der Waals surface area contributed by atoms with Crippen LogP contribution in [0.3, 0.4) is 0 Å². The van der Waals surface area contributed by atoms with Gasteiger partial charge in [-0.3, -0.25) is 14.9 Å². The van der Waals surface area contributed by atoms with E-state index in [0.717, 1.165) is 37.3 Å². The molecule has 0 bridgehead atoms. The summed E-state index contributed by atoms with van der Waals surface area (Å²) in [6, 6.07) is 14.1. The maximum Gasteiger partial charge on any atom is 0.293 e. The molecule has 0 aliphatic carbocycles. The van der Waals surface area contributed by atoms with Crippen LogP contribution in [0.2, 0.25) is 0 Å². The largest absolute Gasteiger partial charge is 0.328 e. The van der Waals surface area contributed by atoms with Crippen molar-refractivity contribution >= 4 is 17.3 Å². The number of likely N-dealkylation sites (N-methyl/N-ethyl adjacent to an activating group) is 1. The van der Waals surface area contributed by atoms with Gasteiger partial charge in [-0.25, -0.2) is 0 Å². The number of amides is 1. The molecule has 0 saturated carbocycles. The first-order valence-electron chi connectivity index (χ1n) is 9.22. The predicted octanol–water partition coefficient (Wildman–Crippen LogP) is -0.00378. The summed E-state index contributed by atoms with van der Waals surface area (Å²) in [6.07, 6.45) is 0. The summed E-state index contributed by atoms with van der Waals surface area (Å²) in [5, 5.41) is 14.2. The average Bonchev–Trinajstić information content (AvgIpc) is 2.66. The SMILES string of the molecule is Cc1ccc(NC(=O)[C@@H](c2ccccc2)[NH+]2CC[NH+](C)CC2)c([N+](=O)[O-])c1. The molecule has 1 fully saturated rings. The molecule has 0 spiro atoms. The number of aryl methyl sites for hydroxylation is 1. The lowest BCUT2D eigenvalue weighted by molar-refractivity contribution is -1.01. The van der Waals surface area contributed by atoms with Crippen molar-refractivity contribution in [3.8, 4) is 0 Å². The van der Waals surface area contributed by atoms with E-state index >= 15 is 0 Å². The number of hydrogen-bond acceptors (Lipinski definition) is 3. The molecule has 1 aliphatic rings. The number of carbonyl (C=O) groups is 1. The van der Waals surface area contributed by atoms with Gasteiger partial charge in [-0.05, 0) is 18.6 Å². The second-order valence-electron chi connectivity index (χ2n) is 7.23. The van der Waals surface area contributed by atoms with Crippen molar-refractivity contribution in [1.82, 2.24) is 0 Å². The Balaban J connectivity index is 1.89. The number of benzene rings is 2. The van der Waals surface area contributed by atoms with Crippen LogP contribution in [0.1, 0.15) is 17.2 Å². The molecular weight excluding hydrogens is 344 g/mol. The highest BCUT2D eigenvalue weighted by molar-refractivity contribution is 5.96. The van der Waals surface area contributed by atoms with Crippen LogP contribution >= 0.6 is 0 Å². The zero-order valence-corrected chi connectivity index (χ0v) is 15.7. The van der Waals surface area contributed by atoms with Gasteiger partial charge in [0, 0.05) is 11.6 Å². The Labute approximate surface area is 158 Å². The lowest BCUT2D eigenvalue weighted by Crippen LogP contribution is -3.27. The van der Waals surface area contributed by atoms with Crippen molar-refractivity contribution in [2.45, 2.75) is 13.0 Å². The van der Waals surface area contributed by atoms with Crippen LogP contribution in [0.4, 0.5) is 11.4 Å². The molecule has 1 aliphatic heterocycles. The summed E-state index contributed by atoms with van der Waals surface area (Å²) in [4.78, 5) is 26.8.